The number of carbonyl (C=O) groups is 1. The van der Waals surface area contributed by atoms with E-state index in [9.17, 15) is 25.2 Å². The van der Waals surface area contributed by atoms with Crippen molar-refractivity contribution in [1.82, 2.24) is 0 Å². The summed E-state index contributed by atoms with van der Waals surface area (Å²) in [6.07, 6.45) is -4.87. The van der Waals surface area contributed by atoms with Crippen LogP contribution < -0.4 is 0 Å². The summed E-state index contributed by atoms with van der Waals surface area (Å²) in [5.41, 5.74) is 0. The van der Waals surface area contributed by atoms with Crippen molar-refractivity contribution in [3.05, 3.63) is 0 Å². The summed E-state index contributed by atoms with van der Waals surface area (Å²) >= 11 is 0. The van der Waals surface area contributed by atoms with Gasteiger partial charge in [-0.1, -0.05) is 13.8 Å². The topological polar surface area (TPSA) is 137 Å². The molecule has 8 nitrogen and oxygen atoms in total. The highest BCUT2D eigenvalue weighted by molar-refractivity contribution is 5.71. The minimum atomic E-state index is -1.48. The third kappa shape index (κ3) is 3.89. The number of carboxylic acids is 1. The molecule has 2 fully saturated rings. The van der Waals surface area contributed by atoms with Crippen molar-refractivity contribution < 1.29 is 39.8 Å². The van der Waals surface area contributed by atoms with Gasteiger partial charge in [0.05, 0.1) is 19.1 Å². The van der Waals surface area contributed by atoms with E-state index in [1.165, 1.54) is 0 Å². The molecule has 2 rings (SSSR count). The van der Waals surface area contributed by atoms with Gasteiger partial charge >= 0.3 is 5.97 Å². The van der Waals surface area contributed by atoms with Gasteiger partial charge in [0.1, 0.15) is 24.4 Å². The number of ether oxygens (including phenoxy) is 2. The molecule has 1 saturated heterocycles. The van der Waals surface area contributed by atoms with Gasteiger partial charge in [0.15, 0.2) is 6.29 Å². The van der Waals surface area contributed by atoms with Crippen molar-refractivity contribution in [2.24, 2.45) is 23.7 Å². The molecule has 1 saturated carbocycles. The monoisotopic (exact) mass is 348 g/mol. The van der Waals surface area contributed by atoms with Gasteiger partial charge in [0.25, 0.3) is 0 Å². The van der Waals surface area contributed by atoms with Crippen LogP contribution in [0.4, 0.5) is 0 Å². The first-order valence-corrected chi connectivity index (χ1v) is 8.42. The number of aliphatic hydroxyl groups is 4. The summed E-state index contributed by atoms with van der Waals surface area (Å²) in [6, 6.07) is 0. The smallest absolute Gasteiger partial charge is 0.307 e. The Kier molecular flexibility index (Phi) is 6.58. The Bertz CT molecular complexity index is 428. The fraction of sp³-hybridized carbons (Fsp3) is 0.938. The molecule has 0 unspecified atom stereocenters. The predicted molar refractivity (Wildman–Crippen MR) is 81.9 cm³/mol. The third-order valence-electron chi connectivity index (χ3n) is 5.42. The van der Waals surface area contributed by atoms with Crippen molar-refractivity contribution >= 4 is 5.97 Å². The van der Waals surface area contributed by atoms with E-state index >= 15 is 0 Å². The van der Waals surface area contributed by atoms with Crippen LogP contribution >= 0.6 is 0 Å². The van der Waals surface area contributed by atoms with Crippen LogP contribution in [0.5, 0.6) is 0 Å². The molecule has 2 aliphatic rings. The Labute approximate surface area is 141 Å². The molecule has 0 amide bonds. The van der Waals surface area contributed by atoms with E-state index < -0.39 is 49.2 Å². The Balaban J connectivity index is 1.93. The lowest BCUT2D eigenvalue weighted by Gasteiger charge is -2.40. The van der Waals surface area contributed by atoms with E-state index in [2.05, 4.69) is 0 Å². The van der Waals surface area contributed by atoms with E-state index in [-0.39, 0.29) is 24.4 Å². The summed E-state index contributed by atoms with van der Waals surface area (Å²) in [4.78, 5) is 11.5. The van der Waals surface area contributed by atoms with Crippen LogP contribution in [-0.4, -0.2) is 75.4 Å². The van der Waals surface area contributed by atoms with Crippen LogP contribution in [-0.2, 0) is 14.3 Å². The molecule has 0 spiro atoms. The van der Waals surface area contributed by atoms with E-state index in [1.807, 2.05) is 13.8 Å². The van der Waals surface area contributed by atoms with Crippen LogP contribution in [0.3, 0.4) is 0 Å². The molecular formula is C16H28O8. The second kappa shape index (κ2) is 8.07. The minimum Gasteiger partial charge on any atom is -0.481 e. The highest BCUT2D eigenvalue weighted by atomic mass is 16.7. The predicted octanol–water partition coefficient (Wildman–Crippen LogP) is -0.814. The Morgan fingerprint density at radius 1 is 1.21 bits per heavy atom. The summed E-state index contributed by atoms with van der Waals surface area (Å²) in [5, 5.41) is 48.0. The average molecular weight is 348 g/mol. The van der Waals surface area contributed by atoms with E-state index in [0.717, 1.165) is 12.8 Å². The number of hydrogen-bond acceptors (Lipinski definition) is 7. The van der Waals surface area contributed by atoms with Gasteiger partial charge in [-0.2, -0.15) is 0 Å². The van der Waals surface area contributed by atoms with Gasteiger partial charge in [-0.3, -0.25) is 4.79 Å². The third-order valence-corrected chi connectivity index (χ3v) is 5.42. The molecule has 140 valence electrons. The number of aliphatic carboxylic acids is 1. The number of carboxylic acid groups (broad SMARTS) is 1. The van der Waals surface area contributed by atoms with Gasteiger partial charge in [-0.15, -0.1) is 0 Å². The SMILES string of the molecule is C[C@H](CO[C@H]1O[C@@H](CO)[C@H](O)[C@H](O)[C@@H]1O)[C@@H]1CC[C@@H](C)[C@H]1C(=O)O. The fourth-order valence-corrected chi connectivity index (χ4v) is 3.88. The summed E-state index contributed by atoms with van der Waals surface area (Å²) in [7, 11) is 0. The molecule has 0 aromatic heterocycles. The van der Waals surface area contributed by atoms with Gasteiger partial charge in [-0.05, 0) is 30.6 Å². The van der Waals surface area contributed by atoms with Gasteiger partial charge in [0, 0.05) is 0 Å². The van der Waals surface area contributed by atoms with Crippen LogP contribution in [0.1, 0.15) is 26.7 Å². The molecule has 8 heteroatoms. The van der Waals surface area contributed by atoms with E-state index in [1.54, 1.807) is 0 Å². The van der Waals surface area contributed by atoms with Crippen LogP contribution in [0.15, 0.2) is 0 Å². The van der Waals surface area contributed by atoms with Crippen molar-refractivity contribution in [1.29, 1.82) is 0 Å². The molecule has 9 atom stereocenters. The molecule has 5 N–H and O–H groups in total. The molecule has 0 aromatic rings. The molecule has 0 radical (unpaired) electrons. The first-order chi connectivity index (χ1) is 11.3. The Hall–Kier alpha value is -0.770. The van der Waals surface area contributed by atoms with Crippen LogP contribution in [0, 0.1) is 23.7 Å². The molecule has 1 aliphatic heterocycles. The first kappa shape index (κ1) is 19.6. The normalized spacial score (nSPS) is 44.4. The zero-order chi connectivity index (χ0) is 18.0. The highest BCUT2D eigenvalue weighted by Crippen LogP contribution is 2.41. The average Bonchev–Trinajstić information content (AvgIpc) is 2.93. The maximum Gasteiger partial charge on any atom is 0.307 e. The molecule has 0 bridgehead atoms. The number of hydrogen-bond donors (Lipinski definition) is 5. The number of aliphatic hydroxyl groups excluding tert-OH is 4. The van der Waals surface area contributed by atoms with Crippen LogP contribution in [0.2, 0.25) is 0 Å². The van der Waals surface area contributed by atoms with Gasteiger partial charge in [-0.25, -0.2) is 0 Å². The molecule has 24 heavy (non-hydrogen) atoms. The van der Waals surface area contributed by atoms with Crippen LogP contribution in [0.25, 0.3) is 0 Å². The Morgan fingerprint density at radius 3 is 2.46 bits per heavy atom. The van der Waals surface area contributed by atoms with E-state index in [4.69, 9.17) is 14.6 Å². The lowest BCUT2D eigenvalue weighted by atomic mass is 9.82. The minimum absolute atomic E-state index is 0.0256. The zero-order valence-electron chi connectivity index (χ0n) is 14.0. The van der Waals surface area contributed by atoms with Crippen molar-refractivity contribution in [2.45, 2.75) is 57.4 Å². The lowest BCUT2D eigenvalue weighted by Crippen LogP contribution is -2.59. The van der Waals surface area contributed by atoms with E-state index in [0.29, 0.717) is 0 Å². The highest BCUT2D eigenvalue weighted by Gasteiger charge is 2.45. The summed E-state index contributed by atoms with van der Waals surface area (Å²) in [5.74, 6) is -1.20. The molecule has 0 aromatic carbocycles. The zero-order valence-corrected chi connectivity index (χ0v) is 14.0. The van der Waals surface area contributed by atoms with Crippen molar-refractivity contribution in [3.8, 4) is 0 Å². The maximum atomic E-state index is 11.5. The number of rotatable bonds is 6. The van der Waals surface area contributed by atoms with Crippen molar-refractivity contribution in [3.63, 3.8) is 0 Å². The summed E-state index contributed by atoms with van der Waals surface area (Å²) < 4.78 is 10.8. The molecule has 1 aliphatic carbocycles. The second-order valence-corrected chi connectivity index (χ2v) is 7.09. The molecule has 1 heterocycles. The standard InChI is InChI=1S/C16H28O8/c1-7-3-4-9(11(7)15(21)22)8(2)6-23-16-14(20)13(19)12(18)10(5-17)24-16/h7-14,16-20H,3-6H2,1-2H3,(H,21,22)/t7-,8-,9+,10+,11-,12+,13+,14+,16+/m1/s1. The Morgan fingerprint density at radius 2 is 1.88 bits per heavy atom. The van der Waals surface area contributed by atoms with Crippen molar-refractivity contribution in [2.75, 3.05) is 13.2 Å². The lowest BCUT2D eigenvalue weighted by molar-refractivity contribution is -0.303. The summed E-state index contributed by atoms with van der Waals surface area (Å²) in [6.45, 7) is 3.47. The maximum absolute atomic E-state index is 11.5. The first-order valence-electron chi connectivity index (χ1n) is 8.42. The largest absolute Gasteiger partial charge is 0.481 e. The fourth-order valence-electron chi connectivity index (χ4n) is 3.88. The second-order valence-electron chi connectivity index (χ2n) is 7.09. The van der Waals surface area contributed by atoms with Gasteiger partial charge in [0.2, 0.25) is 0 Å². The van der Waals surface area contributed by atoms with Gasteiger partial charge < -0.3 is 35.0 Å². The molecular weight excluding hydrogens is 320 g/mol. The quantitative estimate of drug-likeness (QED) is 0.420.